The van der Waals surface area contributed by atoms with E-state index in [2.05, 4.69) is 211 Å². The van der Waals surface area contributed by atoms with Gasteiger partial charge in [-0.05, 0) is 96.6 Å². The third-order valence-electron chi connectivity index (χ3n) is 14.8. The van der Waals surface area contributed by atoms with Crippen LogP contribution in [0.25, 0.3) is 132 Å². The minimum absolute atomic E-state index is 0.378. The maximum atomic E-state index is 11.8. The highest BCUT2D eigenvalue weighted by atomic mass is 15.0. The highest BCUT2D eigenvalue weighted by molar-refractivity contribution is 6.30. The Morgan fingerprint density at radius 2 is 0.736 bits per heavy atom. The van der Waals surface area contributed by atoms with Crippen LogP contribution < -0.4 is 0 Å². The van der Waals surface area contributed by atoms with Gasteiger partial charge < -0.3 is 18.3 Å². The van der Waals surface area contributed by atoms with Crippen LogP contribution in [0.3, 0.4) is 0 Å². The lowest BCUT2D eigenvalue weighted by atomic mass is 9.90. The number of aromatic nitrogens is 6. The van der Waals surface area contributed by atoms with Gasteiger partial charge in [0.15, 0.2) is 0 Å². The van der Waals surface area contributed by atoms with Crippen LogP contribution in [-0.4, -0.2) is 28.2 Å². The third kappa shape index (κ3) is 5.32. The van der Waals surface area contributed by atoms with Crippen LogP contribution in [0.4, 0.5) is 0 Å². The van der Waals surface area contributed by atoms with Gasteiger partial charge in [0.1, 0.15) is 12.1 Å². The zero-order chi connectivity index (χ0) is 47.6. The number of hydrogen-bond acceptors (Lipinski definition) is 4. The van der Waals surface area contributed by atoms with Gasteiger partial charge >= 0.3 is 0 Å². The average molecular weight is 917 g/mol. The Morgan fingerprint density at radius 3 is 1.17 bits per heavy atom. The third-order valence-corrected chi connectivity index (χ3v) is 14.8. The van der Waals surface area contributed by atoms with Gasteiger partial charge in [0.25, 0.3) is 0 Å². The van der Waals surface area contributed by atoms with E-state index >= 15 is 0 Å². The number of para-hydroxylation sites is 6. The Morgan fingerprint density at radius 1 is 0.347 bits per heavy atom. The molecule has 0 aliphatic carbocycles. The van der Waals surface area contributed by atoms with Crippen LogP contribution in [0, 0.1) is 22.7 Å². The molecule has 0 aliphatic heterocycles. The molecule has 0 aliphatic rings. The molecule has 15 aromatic rings. The van der Waals surface area contributed by atoms with Gasteiger partial charge in [-0.3, -0.25) is 9.97 Å². The molecule has 6 aromatic heterocycles. The Kier molecular flexibility index (Phi) is 8.33. The lowest BCUT2D eigenvalue weighted by molar-refractivity contribution is 1.12. The van der Waals surface area contributed by atoms with E-state index in [0.717, 1.165) is 110 Å². The van der Waals surface area contributed by atoms with Gasteiger partial charge in [-0.25, -0.2) is 0 Å². The van der Waals surface area contributed by atoms with Crippen LogP contribution in [0.1, 0.15) is 11.1 Å². The van der Waals surface area contributed by atoms with Gasteiger partial charge in [0.2, 0.25) is 0 Å². The number of fused-ring (bicyclic) bond motifs is 15. The first-order valence-corrected chi connectivity index (χ1v) is 23.9. The minimum Gasteiger partial charge on any atom is -0.309 e. The molecule has 72 heavy (non-hydrogen) atoms. The van der Waals surface area contributed by atoms with E-state index in [1.807, 2.05) is 24.3 Å². The fourth-order valence-corrected chi connectivity index (χ4v) is 12.0. The maximum absolute atomic E-state index is 11.8. The molecule has 0 saturated heterocycles. The van der Waals surface area contributed by atoms with Crippen LogP contribution in [0.5, 0.6) is 0 Å². The molecular weight excluding hydrogens is 881 g/mol. The van der Waals surface area contributed by atoms with Gasteiger partial charge in [0, 0.05) is 77.8 Å². The molecule has 0 amide bonds. The van der Waals surface area contributed by atoms with Crippen molar-refractivity contribution in [2.75, 3.05) is 0 Å². The van der Waals surface area contributed by atoms with Crippen molar-refractivity contribution < 1.29 is 0 Å². The standard InChI is InChI=1S/C64H36N8/c65-36-47-58(71-52-25-13-9-21-45(52)63-56(71)29-27-54-61(63)43-19-7-11-23-50(43)69(54)39-15-3-1-4-16-39)35-59(48(37-66)60(47)42-32-34-68-49-38-67-33-31-41(42)49)72-53-26-14-10-22-46(53)64-57(72)30-28-55-62(64)44-20-8-12-24-51(44)70(55)40-17-5-2-6-18-40/h1-35,38H. The number of nitrogens with zero attached hydrogens (tertiary/aromatic N) is 8. The van der Waals surface area contributed by atoms with Gasteiger partial charge in [-0.2, -0.15) is 10.5 Å². The summed E-state index contributed by atoms with van der Waals surface area (Å²) in [4.78, 5) is 9.12. The Labute approximate surface area is 410 Å². The topological polar surface area (TPSA) is 93.1 Å². The van der Waals surface area contributed by atoms with Crippen molar-refractivity contribution in [1.82, 2.24) is 28.2 Å². The van der Waals surface area contributed by atoms with E-state index in [1.165, 1.54) is 0 Å². The molecule has 332 valence electrons. The number of benzene rings is 9. The second-order valence-electron chi connectivity index (χ2n) is 18.3. The van der Waals surface area contributed by atoms with E-state index in [0.29, 0.717) is 33.6 Å². The van der Waals surface area contributed by atoms with Crippen molar-refractivity contribution in [3.05, 3.63) is 230 Å². The van der Waals surface area contributed by atoms with Crippen molar-refractivity contribution in [2.24, 2.45) is 0 Å². The summed E-state index contributed by atoms with van der Waals surface area (Å²) in [7, 11) is 0. The predicted octanol–water partition coefficient (Wildman–Crippen LogP) is 15.4. The summed E-state index contributed by atoms with van der Waals surface area (Å²) in [6, 6.07) is 75.3. The quantitative estimate of drug-likeness (QED) is 0.172. The smallest absolute Gasteiger partial charge is 0.102 e. The second-order valence-corrected chi connectivity index (χ2v) is 18.3. The number of pyridine rings is 2. The molecule has 0 unspecified atom stereocenters. The predicted molar refractivity (Wildman–Crippen MR) is 292 cm³/mol. The zero-order valence-corrected chi connectivity index (χ0v) is 38.4. The summed E-state index contributed by atoms with van der Waals surface area (Å²) in [5.41, 5.74) is 14.3. The Balaban J connectivity index is 1.12. The molecule has 0 bridgehead atoms. The van der Waals surface area contributed by atoms with Crippen molar-refractivity contribution in [3.8, 4) is 46.0 Å². The molecule has 0 atom stereocenters. The summed E-state index contributed by atoms with van der Waals surface area (Å²) in [5, 5.41) is 33.2. The molecule has 6 heterocycles. The van der Waals surface area contributed by atoms with Crippen molar-refractivity contribution in [2.45, 2.75) is 0 Å². The van der Waals surface area contributed by atoms with Gasteiger partial charge in [0.05, 0.1) is 78.3 Å². The molecule has 0 saturated carbocycles. The van der Waals surface area contributed by atoms with E-state index in [1.54, 1.807) is 18.6 Å². The van der Waals surface area contributed by atoms with Crippen LogP contribution in [0.15, 0.2) is 219 Å². The zero-order valence-electron chi connectivity index (χ0n) is 38.4. The fraction of sp³-hybridized carbons (Fsp3) is 0. The first-order valence-electron chi connectivity index (χ1n) is 23.9. The van der Waals surface area contributed by atoms with E-state index in [-0.39, 0.29) is 0 Å². The lowest BCUT2D eigenvalue weighted by Crippen LogP contribution is -2.07. The Hall–Kier alpha value is -10.3. The van der Waals surface area contributed by atoms with Crippen LogP contribution in [-0.2, 0) is 0 Å². The highest BCUT2D eigenvalue weighted by Gasteiger charge is 2.29. The molecule has 9 aromatic carbocycles. The molecule has 0 fully saturated rings. The van der Waals surface area contributed by atoms with Crippen LogP contribution >= 0.6 is 0 Å². The molecule has 8 heteroatoms. The molecule has 0 radical (unpaired) electrons. The van der Waals surface area contributed by atoms with E-state index < -0.39 is 0 Å². The van der Waals surface area contributed by atoms with E-state index in [9.17, 15) is 10.5 Å². The number of hydrogen-bond donors (Lipinski definition) is 0. The first kappa shape index (κ1) is 39.7. The number of rotatable bonds is 5. The van der Waals surface area contributed by atoms with E-state index in [4.69, 9.17) is 4.98 Å². The summed E-state index contributed by atoms with van der Waals surface area (Å²) >= 11 is 0. The largest absolute Gasteiger partial charge is 0.309 e. The Bertz CT molecular complexity index is 4610. The SMILES string of the molecule is N#Cc1c(-n2c3ccccc3c3c4c5ccccc5n(-c5ccccc5)c4ccc32)cc(-n2c3ccccc3c3c4c5ccccc5n(-c5ccccc5)c4ccc32)c(C#N)c1-c1ccnc2cnccc12. The molecular formula is C64H36N8. The molecule has 0 N–H and O–H groups in total. The second kappa shape index (κ2) is 15.1. The first-order chi connectivity index (χ1) is 35.7. The lowest BCUT2D eigenvalue weighted by Gasteiger charge is -2.21. The summed E-state index contributed by atoms with van der Waals surface area (Å²) in [6.07, 6.45) is 5.22. The molecule has 15 rings (SSSR count). The van der Waals surface area contributed by atoms with Crippen molar-refractivity contribution in [3.63, 3.8) is 0 Å². The average Bonchev–Trinajstić information content (AvgIpc) is 4.17. The van der Waals surface area contributed by atoms with Crippen molar-refractivity contribution in [1.29, 1.82) is 10.5 Å². The monoisotopic (exact) mass is 916 g/mol. The van der Waals surface area contributed by atoms with Crippen LogP contribution in [0.2, 0.25) is 0 Å². The molecule has 8 nitrogen and oxygen atoms in total. The van der Waals surface area contributed by atoms with Gasteiger partial charge in [-0.1, -0.05) is 109 Å². The summed E-state index contributed by atoms with van der Waals surface area (Å²) in [6.45, 7) is 0. The normalized spacial score (nSPS) is 11.9. The maximum Gasteiger partial charge on any atom is 0.102 e. The highest BCUT2D eigenvalue weighted by Crippen LogP contribution is 2.48. The van der Waals surface area contributed by atoms with Crippen molar-refractivity contribution >= 4 is 98.1 Å². The fourth-order valence-electron chi connectivity index (χ4n) is 12.0. The minimum atomic E-state index is 0.378. The number of nitriles is 2. The van der Waals surface area contributed by atoms with Gasteiger partial charge in [-0.15, -0.1) is 0 Å². The summed E-state index contributed by atoms with van der Waals surface area (Å²) in [5.74, 6) is 0. The molecule has 0 spiro atoms. The summed E-state index contributed by atoms with van der Waals surface area (Å²) < 4.78 is 9.18.